The molecule has 0 heterocycles. The van der Waals surface area contributed by atoms with Gasteiger partial charge < -0.3 is 4.90 Å². The zero-order chi connectivity index (χ0) is 15.3. The van der Waals surface area contributed by atoms with Gasteiger partial charge in [0, 0.05) is 36.5 Å². The number of anilines is 1. The van der Waals surface area contributed by atoms with Crippen molar-refractivity contribution in [2.75, 3.05) is 18.0 Å². The van der Waals surface area contributed by atoms with E-state index in [0.29, 0.717) is 13.1 Å². The molecule has 1 aromatic carbocycles. The van der Waals surface area contributed by atoms with Crippen LogP contribution in [0, 0.1) is 27.4 Å². The standard InChI is InChI=1S/C13H15F2N3O2/c1-3-17(8-9(2)7-16)12-5-4-10(18(19)20)6-11(12)13(14)15/h4-6,9,13H,3,8H2,1-2H3. The number of nitro benzene ring substituents is 1. The largest absolute Gasteiger partial charge is 0.370 e. The first-order valence-electron chi connectivity index (χ1n) is 6.11. The van der Waals surface area contributed by atoms with Crippen molar-refractivity contribution >= 4 is 11.4 Å². The zero-order valence-corrected chi connectivity index (χ0v) is 11.2. The molecule has 0 radical (unpaired) electrons. The number of benzene rings is 1. The molecule has 0 fully saturated rings. The van der Waals surface area contributed by atoms with Gasteiger partial charge >= 0.3 is 0 Å². The third-order valence-electron chi connectivity index (χ3n) is 2.89. The van der Waals surface area contributed by atoms with Gasteiger partial charge in [-0.05, 0) is 19.9 Å². The highest BCUT2D eigenvalue weighted by molar-refractivity contribution is 5.58. The van der Waals surface area contributed by atoms with E-state index in [1.54, 1.807) is 18.7 Å². The molecule has 0 aliphatic rings. The molecular formula is C13H15F2N3O2. The van der Waals surface area contributed by atoms with Crippen molar-refractivity contribution in [2.24, 2.45) is 5.92 Å². The van der Waals surface area contributed by atoms with E-state index in [1.807, 2.05) is 6.07 Å². The third-order valence-corrected chi connectivity index (χ3v) is 2.89. The molecule has 0 aliphatic heterocycles. The second-order valence-corrected chi connectivity index (χ2v) is 4.37. The summed E-state index contributed by atoms with van der Waals surface area (Å²) in [5.74, 6) is -0.323. The van der Waals surface area contributed by atoms with Crippen LogP contribution in [-0.2, 0) is 0 Å². The minimum absolute atomic E-state index is 0.232. The minimum atomic E-state index is -2.81. The fourth-order valence-corrected chi connectivity index (χ4v) is 1.89. The van der Waals surface area contributed by atoms with Crippen LogP contribution in [0.1, 0.15) is 25.8 Å². The van der Waals surface area contributed by atoms with Crippen LogP contribution in [0.4, 0.5) is 20.2 Å². The average Bonchev–Trinajstić information content (AvgIpc) is 2.43. The Kier molecular flexibility index (Phi) is 5.38. The minimum Gasteiger partial charge on any atom is -0.370 e. The van der Waals surface area contributed by atoms with Gasteiger partial charge in [0.1, 0.15) is 0 Å². The van der Waals surface area contributed by atoms with Crippen LogP contribution in [0.3, 0.4) is 0 Å². The first-order valence-corrected chi connectivity index (χ1v) is 6.11. The smallest absolute Gasteiger partial charge is 0.270 e. The van der Waals surface area contributed by atoms with E-state index in [2.05, 4.69) is 0 Å². The Hall–Kier alpha value is -2.23. The normalized spacial score (nSPS) is 12.0. The first-order chi connectivity index (χ1) is 9.40. The van der Waals surface area contributed by atoms with Crippen LogP contribution in [0.25, 0.3) is 0 Å². The predicted molar refractivity (Wildman–Crippen MR) is 70.7 cm³/mol. The number of alkyl halides is 2. The second-order valence-electron chi connectivity index (χ2n) is 4.37. The van der Waals surface area contributed by atoms with Gasteiger partial charge in [-0.1, -0.05) is 0 Å². The predicted octanol–water partition coefficient (Wildman–Crippen LogP) is 3.52. The summed E-state index contributed by atoms with van der Waals surface area (Å²) in [4.78, 5) is 11.6. The maximum Gasteiger partial charge on any atom is 0.270 e. The lowest BCUT2D eigenvalue weighted by Crippen LogP contribution is -2.28. The van der Waals surface area contributed by atoms with Crippen LogP contribution >= 0.6 is 0 Å². The number of nitrogens with zero attached hydrogens (tertiary/aromatic N) is 3. The molecule has 5 nitrogen and oxygen atoms in total. The number of rotatable bonds is 6. The molecule has 0 amide bonds. The molecule has 0 saturated carbocycles. The lowest BCUT2D eigenvalue weighted by molar-refractivity contribution is -0.385. The third kappa shape index (κ3) is 3.63. The van der Waals surface area contributed by atoms with Gasteiger partial charge in [0.05, 0.1) is 16.9 Å². The highest BCUT2D eigenvalue weighted by Gasteiger charge is 2.21. The highest BCUT2D eigenvalue weighted by Crippen LogP contribution is 2.33. The Bertz CT molecular complexity index is 529. The molecular weight excluding hydrogens is 268 g/mol. The Balaban J connectivity index is 3.21. The highest BCUT2D eigenvalue weighted by atomic mass is 19.3. The lowest BCUT2D eigenvalue weighted by atomic mass is 10.1. The number of hydrogen-bond donors (Lipinski definition) is 0. The van der Waals surface area contributed by atoms with Crippen molar-refractivity contribution < 1.29 is 13.7 Å². The van der Waals surface area contributed by atoms with Crippen LogP contribution in [0.15, 0.2) is 18.2 Å². The SMILES string of the molecule is CCN(CC(C)C#N)c1ccc([N+](=O)[O-])cc1C(F)F. The number of nitro groups is 1. The Morgan fingerprint density at radius 1 is 1.50 bits per heavy atom. The van der Waals surface area contributed by atoms with Gasteiger partial charge in [-0.25, -0.2) is 8.78 Å². The molecule has 0 saturated heterocycles. The van der Waals surface area contributed by atoms with Gasteiger partial charge in [0.15, 0.2) is 0 Å². The summed E-state index contributed by atoms with van der Waals surface area (Å²) >= 11 is 0. The van der Waals surface area contributed by atoms with Crippen molar-refractivity contribution in [1.29, 1.82) is 5.26 Å². The molecule has 0 spiro atoms. The number of nitriles is 1. The fraction of sp³-hybridized carbons (Fsp3) is 0.462. The van der Waals surface area contributed by atoms with Gasteiger partial charge in [-0.15, -0.1) is 0 Å². The van der Waals surface area contributed by atoms with E-state index in [-0.39, 0.29) is 22.9 Å². The molecule has 1 unspecified atom stereocenters. The van der Waals surface area contributed by atoms with Crippen LogP contribution in [0.5, 0.6) is 0 Å². The molecule has 0 aliphatic carbocycles. The summed E-state index contributed by atoms with van der Waals surface area (Å²) in [6.45, 7) is 4.20. The molecule has 20 heavy (non-hydrogen) atoms. The van der Waals surface area contributed by atoms with E-state index in [0.717, 1.165) is 6.07 Å². The van der Waals surface area contributed by atoms with Gasteiger partial charge in [-0.3, -0.25) is 10.1 Å². The van der Waals surface area contributed by atoms with Crippen molar-refractivity contribution in [2.45, 2.75) is 20.3 Å². The first kappa shape index (κ1) is 15.8. The summed E-state index contributed by atoms with van der Waals surface area (Å²) in [7, 11) is 0. The summed E-state index contributed by atoms with van der Waals surface area (Å²) < 4.78 is 26.1. The van der Waals surface area contributed by atoms with Crippen molar-refractivity contribution in [3.63, 3.8) is 0 Å². The monoisotopic (exact) mass is 283 g/mol. The summed E-state index contributed by atoms with van der Waals surface area (Å²) in [6.07, 6.45) is -2.81. The van der Waals surface area contributed by atoms with Crippen molar-refractivity contribution in [3.05, 3.63) is 33.9 Å². The molecule has 1 atom stereocenters. The van der Waals surface area contributed by atoms with E-state index < -0.39 is 11.3 Å². The molecule has 0 bridgehead atoms. The van der Waals surface area contributed by atoms with Crippen LogP contribution < -0.4 is 4.90 Å². The van der Waals surface area contributed by atoms with E-state index in [4.69, 9.17) is 5.26 Å². The molecule has 0 aromatic heterocycles. The Labute approximate surface area is 115 Å². The number of hydrogen-bond acceptors (Lipinski definition) is 4. The molecule has 1 rings (SSSR count). The number of non-ortho nitro benzene ring substituents is 1. The summed E-state index contributed by atoms with van der Waals surface area (Å²) in [6, 6.07) is 5.44. The van der Waals surface area contributed by atoms with Crippen LogP contribution in [-0.4, -0.2) is 18.0 Å². The molecule has 7 heteroatoms. The molecule has 108 valence electrons. The Morgan fingerprint density at radius 2 is 2.15 bits per heavy atom. The maximum atomic E-state index is 13.1. The quantitative estimate of drug-likeness (QED) is 0.591. The van der Waals surface area contributed by atoms with E-state index >= 15 is 0 Å². The summed E-state index contributed by atoms with van der Waals surface area (Å²) in [5, 5.41) is 19.5. The molecule has 0 N–H and O–H groups in total. The van der Waals surface area contributed by atoms with Crippen LogP contribution in [0.2, 0.25) is 0 Å². The van der Waals surface area contributed by atoms with Crippen molar-refractivity contribution in [3.8, 4) is 6.07 Å². The Morgan fingerprint density at radius 3 is 2.60 bits per heavy atom. The second kappa shape index (κ2) is 6.80. The average molecular weight is 283 g/mol. The van der Waals surface area contributed by atoms with Gasteiger partial charge in [-0.2, -0.15) is 5.26 Å². The van der Waals surface area contributed by atoms with Crippen molar-refractivity contribution in [1.82, 2.24) is 0 Å². The molecule has 1 aromatic rings. The topological polar surface area (TPSA) is 70.2 Å². The van der Waals surface area contributed by atoms with Gasteiger partial charge in [0.25, 0.3) is 12.1 Å². The number of halogens is 2. The fourth-order valence-electron chi connectivity index (χ4n) is 1.89. The van der Waals surface area contributed by atoms with E-state index in [1.165, 1.54) is 12.1 Å². The summed E-state index contributed by atoms with van der Waals surface area (Å²) in [5.41, 5.74) is -0.519. The lowest BCUT2D eigenvalue weighted by Gasteiger charge is -2.26. The van der Waals surface area contributed by atoms with E-state index in [9.17, 15) is 18.9 Å². The maximum absolute atomic E-state index is 13.1. The zero-order valence-electron chi connectivity index (χ0n) is 11.2. The van der Waals surface area contributed by atoms with Gasteiger partial charge in [0.2, 0.25) is 0 Å².